The van der Waals surface area contributed by atoms with Crippen LogP contribution in [0.25, 0.3) is 5.76 Å². The van der Waals surface area contributed by atoms with Crippen LogP contribution in [0.4, 0.5) is 0 Å². The Hall–Kier alpha value is -2.81. The van der Waals surface area contributed by atoms with Crippen LogP contribution in [0, 0.1) is 0 Å². The third-order valence-corrected chi connectivity index (χ3v) is 3.66. The molecular weight excluding hydrogens is 276 g/mol. The van der Waals surface area contributed by atoms with Crippen LogP contribution in [0.2, 0.25) is 0 Å². The Morgan fingerprint density at radius 3 is 2.23 bits per heavy atom. The van der Waals surface area contributed by atoms with E-state index in [4.69, 9.17) is 9.47 Å². The molecule has 0 bridgehead atoms. The smallest absolute Gasteiger partial charge is 0.338 e. The first-order chi connectivity index (χ1) is 10.7. The summed E-state index contributed by atoms with van der Waals surface area (Å²) in [6, 6.07) is 19.2. The molecule has 1 aliphatic heterocycles. The third kappa shape index (κ3) is 2.42. The minimum atomic E-state index is -0.397. The molecule has 1 atom stereocenters. The predicted octanol–water partition coefficient (Wildman–Crippen LogP) is 3.90. The minimum absolute atomic E-state index is 0.316. The molecular formula is C19H16O3. The lowest BCUT2D eigenvalue weighted by Crippen LogP contribution is -2.12. The Morgan fingerprint density at radius 1 is 1.05 bits per heavy atom. The van der Waals surface area contributed by atoms with Gasteiger partial charge in [-0.15, -0.1) is 0 Å². The molecule has 0 fully saturated rings. The van der Waals surface area contributed by atoms with Crippen LogP contribution in [0.3, 0.4) is 0 Å². The SMILES string of the molecule is C=C1OC(c2ccccc2)=C(C(=O)OC)[C@H]1c1ccccc1. The predicted molar refractivity (Wildman–Crippen MR) is 84.8 cm³/mol. The van der Waals surface area contributed by atoms with Gasteiger partial charge in [0.1, 0.15) is 11.5 Å². The van der Waals surface area contributed by atoms with E-state index in [2.05, 4.69) is 6.58 Å². The Bertz CT molecular complexity index is 730. The van der Waals surface area contributed by atoms with Crippen LogP contribution in [0.15, 0.2) is 78.6 Å². The van der Waals surface area contributed by atoms with E-state index in [0.29, 0.717) is 17.1 Å². The molecule has 2 aromatic rings. The molecule has 22 heavy (non-hydrogen) atoms. The van der Waals surface area contributed by atoms with Crippen LogP contribution in [0.5, 0.6) is 0 Å². The van der Waals surface area contributed by atoms with Crippen molar-refractivity contribution >= 4 is 11.7 Å². The number of rotatable bonds is 3. The molecule has 3 nitrogen and oxygen atoms in total. The zero-order chi connectivity index (χ0) is 15.5. The highest BCUT2D eigenvalue weighted by molar-refractivity contribution is 6.00. The van der Waals surface area contributed by atoms with E-state index in [0.717, 1.165) is 11.1 Å². The molecule has 3 rings (SSSR count). The van der Waals surface area contributed by atoms with Crippen molar-refractivity contribution in [2.24, 2.45) is 0 Å². The van der Waals surface area contributed by atoms with Crippen molar-refractivity contribution in [3.05, 3.63) is 89.7 Å². The normalized spacial score (nSPS) is 17.3. The highest BCUT2D eigenvalue weighted by Gasteiger charge is 2.38. The van der Waals surface area contributed by atoms with Gasteiger partial charge in [-0.3, -0.25) is 0 Å². The molecule has 1 aliphatic rings. The summed E-state index contributed by atoms with van der Waals surface area (Å²) in [5, 5.41) is 0. The molecule has 3 heteroatoms. The second kappa shape index (κ2) is 5.90. The average molecular weight is 292 g/mol. The molecule has 0 saturated carbocycles. The molecule has 0 N–H and O–H groups in total. The Kier molecular flexibility index (Phi) is 3.79. The number of carbonyl (C=O) groups is 1. The largest absolute Gasteiger partial charge is 0.466 e. The van der Waals surface area contributed by atoms with Crippen LogP contribution in [0.1, 0.15) is 17.0 Å². The van der Waals surface area contributed by atoms with Gasteiger partial charge in [-0.1, -0.05) is 67.2 Å². The lowest BCUT2D eigenvalue weighted by Gasteiger charge is -2.12. The summed E-state index contributed by atoms with van der Waals surface area (Å²) >= 11 is 0. The highest BCUT2D eigenvalue weighted by atomic mass is 16.5. The zero-order valence-corrected chi connectivity index (χ0v) is 12.3. The number of ether oxygens (including phenoxy) is 2. The van der Waals surface area contributed by atoms with Gasteiger partial charge in [-0.2, -0.15) is 0 Å². The lowest BCUT2D eigenvalue weighted by molar-refractivity contribution is -0.136. The number of esters is 1. The van der Waals surface area contributed by atoms with Gasteiger partial charge >= 0.3 is 5.97 Å². The van der Waals surface area contributed by atoms with Crippen molar-refractivity contribution in [2.45, 2.75) is 5.92 Å². The van der Waals surface area contributed by atoms with Crippen molar-refractivity contribution < 1.29 is 14.3 Å². The van der Waals surface area contributed by atoms with Gasteiger partial charge in [-0.25, -0.2) is 4.79 Å². The van der Waals surface area contributed by atoms with E-state index in [1.165, 1.54) is 7.11 Å². The van der Waals surface area contributed by atoms with E-state index >= 15 is 0 Å². The summed E-state index contributed by atoms with van der Waals surface area (Å²) in [7, 11) is 1.38. The Balaban J connectivity index is 2.16. The number of allylic oxidation sites excluding steroid dienone is 1. The molecule has 0 aromatic heterocycles. The number of hydrogen-bond acceptors (Lipinski definition) is 3. The van der Waals surface area contributed by atoms with E-state index in [1.807, 2.05) is 60.7 Å². The molecule has 0 amide bonds. The third-order valence-electron chi connectivity index (χ3n) is 3.66. The maximum Gasteiger partial charge on any atom is 0.338 e. The molecule has 0 spiro atoms. The fraction of sp³-hybridized carbons (Fsp3) is 0.105. The van der Waals surface area contributed by atoms with Gasteiger partial charge in [0.2, 0.25) is 0 Å². The number of methoxy groups -OCH3 is 1. The number of benzene rings is 2. The highest BCUT2D eigenvalue weighted by Crippen LogP contribution is 2.44. The topological polar surface area (TPSA) is 35.5 Å². The fourth-order valence-corrected chi connectivity index (χ4v) is 2.66. The molecule has 0 radical (unpaired) electrons. The van der Waals surface area contributed by atoms with Crippen molar-refractivity contribution in [1.29, 1.82) is 0 Å². The summed E-state index contributed by atoms with van der Waals surface area (Å²) in [6.07, 6.45) is 0. The van der Waals surface area contributed by atoms with Crippen LogP contribution in [-0.4, -0.2) is 13.1 Å². The zero-order valence-electron chi connectivity index (χ0n) is 12.3. The molecule has 0 unspecified atom stereocenters. The second-order valence-corrected chi connectivity index (χ2v) is 5.01. The second-order valence-electron chi connectivity index (χ2n) is 5.01. The van der Waals surface area contributed by atoms with Crippen molar-refractivity contribution in [2.75, 3.05) is 7.11 Å². The lowest BCUT2D eigenvalue weighted by atomic mass is 9.89. The van der Waals surface area contributed by atoms with Gasteiger partial charge in [0, 0.05) is 5.56 Å². The van der Waals surface area contributed by atoms with E-state index < -0.39 is 5.97 Å². The van der Waals surface area contributed by atoms with Gasteiger partial charge < -0.3 is 9.47 Å². The monoisotopic (exact) mass is 292 g/mol. The summed E-state index contributed by atoms with van der Waals surface area (Å²) < 4.78 is 10.8. The minimum Gasteiger partial charge on any atom is -0.466 e. The average Bonchev–Trinajstić information content (AvgIpc) is 2.93. The maximum absolute atomic E-state index is 12.3. The first kappa shape index (κ1) is 14.1. The summed E-state index contributed by atoms with van der Waals surface area (Å²) in [6.45, 7) is 3.98. The summed E-state index contributed by atoms with van der Waals surface area (Å²) in [4.78, 5) is 12.3. The van der Waals surface area contributed by atoms with Crippen LogP contribution >= 0.6 is 0 Å². The standard InChI is InChI=1S/C19H16O3/c1-13-16(14-9-5-3-6-10-14)17(19(20)21-2)18(22-13)15-11-7-4-8-12-15/h3-12,16H,1H2,2H3/t16-/m1/s1. The van der Waals surface area contributed by atoms with Crippen LogP contribution in [-0.2, 0) is 14.3 Å². The van der Waals surface area contributed by atoms with Gasteiger partial charge in [0.15, 0.2) is 0 Å². The fourth-order valence-electron chi connectivity index (χ4n) is 2.66. The first-order valence-electron chi connectivity index (χ1n) is 7.02. The van der Waals surface area contributed by atoms with Gasteiger partial charge in [0.25, 0.3) is 0 Å². The van der Waals surface area contributed by atoms with Crippen molar-refractivity contribution in [3.8, 4) is 0 Å². The maximum atomic E-state index is 12.3. The van der Waals surface area contributed by atoms with Gasteiger partial charge in [0.05, 0.1) is 18.6 Å². The summed E-state index contributed by atoms with van der Waals surface area (Å²) in [5.74, 6) is 0.340. The molecule has 0 saturated heterocycles. The van der Waals surface area contributed by atoms with E-state index in [1.54, 1.807) is 0 Å². The molecule has 1 heterocycles. The molecule has 110 valence electrons. The van der Waals surface area contributed by atoms with E-state index in [9.17, 15) is 4.79 Å². The first-order valence-corrected chi connectivity index (χ1v) is 7.02. The Morgan fingerprint density at radius 2 is 1.64 bits per heavy atom. The van der Waals surface area contributed by atoms with E-state index in [-0.39, 0.29) is 5.92 Å². The Labute approximate surface area is 129 Å². The van der Waals surface area contributed by atoms with Crippen molar-refractivity contribution in [3.63, 3.8) is 0 Å². The quantitative estimate of drug-likeness (QED) is 0.805. The van der Waals surface area contributed by atoms with Crippen LogP contribution < -0.4 is 0 Å². The molecule has 2 aromatic carbocycles. The van der Waals surface area contributed by atoms with Gasteiger partial charge in [-0.05, 0) is 5.56 Å². The van der Waals surface area contributed by atoms with Crippen molar-refractivity contribution in [1.82, 2.24) is 0 Å². The molecule has 0 aliphatic carbocycles. The number of hydrogen-bond donors (Lipinski definition) is 0. The number of carbonyl (C=O) groups excluding carboxylic acids is 1. The summed E-state index contributed by atoms with van der Waals surface area (Å²) in [5.41, 5.74) is 2.28.